The van der Waals surface area contributed by atoms with E-state index in [2.05, 4.69) is 36.8 Å². The lowest BCUT2D eigenvalue weighted by Crippen LogP contribution is -2.02. The molecule has 0 saturated carbocycles. The van der Waals surface area contributed by atoms with Gasteiger partial charge in [-0.15, -0.1) is 20.5 Å². The van der Waals surface area contributed by atoms with Crippen LogP contribution in [0.3, 0.4) is 0 Å². The molecule has 0 N–H and O–H groups in total. The highest BCUT2D eigenvalue weighted by Crippen LogP contribution is 2.39. The Morgan fingerprint density at radius 3 is 2.33 bits per heavy atom. The van der Waals surface area contributed by atoms with E-state index in [-0.39, 0.29) is 0 Å². The maximum Gasteiger partial charge on any atom is 0.337 e. The van der Waals surface area contributed by atoms with Crippen LogP contribution in [0.15, 0.2) is 87.7 Å². The number of ether oxygens (including phenoxy) is 2. The number of thiazole rings is 1. The second-order valence-corrected chi connectivity index (χ2v) is 9.35. The fourth-order valence-electron chi connectivity index (χ4n) is 3.03. The summed E-state index contributed by atoms with van der Waals surface area (Å²) in [4.78, 5) is 27.9. The average molecular weight is 520 g/mol. The summed E-state index contributed by atoms with van der Waals surface area (Å²) in [5.41, 5.74) is 2.94. The van der Waals surface area contributed by atoms with Crippen LogP contribution in [0, 0.1) is 0 Å². The number of aryl methyl sites for hydroxylation is 1. The fourth-order valence-corrected chi connectivity index (χ4v) is 4.88. The topological polar surface area (TPSA) is 115 Å². The van der Waals surface area contributed by atoms with Gasteiger partial charge in [0.05, 0.1) is 35.4 Å². The van der Waals surface area contributed by atoms with Crippen molar-refractivity contribution in [3.63, 3.8) is 0 Å². The van der Waals surface area contributed by atoms with Gasteiger partial charge in [0.2, 0.25) is 5.13 Å². The largest absolute Gasteiger partial charge is 0.465 e. The van der Waals surface area contributed by atoms with Crippen molar-refractivity contribution >= 4 is 65.6 Å². The Kier molecular flexibility index (Phi) is 8.37. The fraction of sp³-hybridized carbons (Fsp3) is 0.160. The number of benzene rings is 2. The molecule has 0 radical (unpaired) electrons. The third-order valence-corrected chi connectivity index (χ3v) is 6.75. The predicted octanol–water partition coefficient (Wildman–Crippen LogP) is 7.64. The second-order valence-electron chi connectivity index (χ2n) is 7.33. The average Bonchev–Trinajstić information content (AvgIpc) is 3.47. The molecule has 0 spiro atoms. The Hall–Kier alpha value is -4.09. The first-order valence-corrected chi connectivity index (χ1v) is 12.5. The highest BCUT2D eigenvalue weighted by Gasteiger charge is 2.09. The van der Waals surface area contributed by atoms with Gasteiger partial charge in [-0.3, -0.25) is 0 Å². The number of azo groups is 2. The zero-order valence-electron chi connectivity index (χ0n) is 19.3. The molecular weight excluding hydrogens is 498 g/mol. The van der Waals surface area contributed by atoms with Crippen molar-refractivity contribution in [3.8, 4) is 0 Å². The van der Waals surface area contributed by atoms with Crippen molar-refractivity contribution in [3.05, 3.63) is 78.4 Å². The van der Waals surface area contributed by atoms with E-state index in [0.717, 1.165) is 44.7 Å². The van der Waals surface area contributed by atoms with Crippen LogP contribution in [-0.4, -0.2) is 30.6 Å². The second kappa shape index (κ2) is 12.0. The Morgan fingerprint density at radius 1 is 0.972 bits per heavy atom. The first-order valence-electron chi connectivity index (χ1n) is 10.8. The molecule has 0 amide bonds. The van der Waals surface area contributed by atoms with E-state index in [1.807, 2.05) is 30.3 Å². The van der Waals surface area contributed by atoms with Crippen molar-refractivity contribution < 1.29 is 19.1 Å². The quantitative estimate of drug-likeness (QED) is 0.0924. The van der Waals surface area contributed by atoms with E-state index in [4.69, 9.17) is 4.74 Å². The zero-order chi connectivity index (χ0) is 25.3. The summed E-state index contributed by atoms with van der Waals surface area (Å²) in [6.07, 6.45) is 2.69. The van der Waals surface area contributed by atoms with Crippen molar-refractivity contribution in [2.24, 2.45) is 20.5 Å². The molecule has 0 bridgehead atoms. The summed E-state index contributed by atoms with van der Waals surface area (Å²) in [5.74, 6) is -0.800. The Morgan fingerprint density at radius 2 is 1.67 bits per heavy atom. The van der Waals surface area contributed by atoms with Crippen LogP contribution in [-0.2, 0) is 20.7 Å². The molecule has 0 saturated heterocycles. The first-order chi connectivity index (χ1) is 17.5. The molecule has 0 atom stereocenters. The van der Waals surface area contributed by atoms with Crippen molar-refractivity contribution in [2.75, 3.05) is 13.7 Å². The zero-order valence-corrected chi connectivity index (χ0v) is 20.9. The van der Waals surface area contributed by atoms with Gasteiger partial charge in [0.15, 0.2) is 0 Å². The van der Waals surface area contributed by atoms with Crippen LogP contribution in [0.2, 0.25) is 0 Å². The molecule has 2 aromatic carbocycles. The Balaban J connectivity index is 1.32. The van der Waals surface area contributed by atoms with E-state index in [0.29, 0.717) is 23.0 Å². The normalized spacial score (nSPS) is 11.4. The molecule has 0 aliphatic carbocycles. The minimum absolute atomic E-state index is 0.362. The number of aromatic nitrogens is 1. The van der Waals surface area contributed by atoms with Gasteiger partial charge in [0.25, 0.3) is 0 Å². The smallest absolute Gasteiger partial charge is 0.337 e. The third kappa shape index (κ3) is 6.74. The molecule has 11 heteroatoms. The molecule has 0 aliphatic heterocycles. The summed E-state index contributed by atoms with van der Waals surface area (Å²) in [5, 5.41) is 18.3. The number of hydrogen-bond donors (Lipinski definition) is 0. The van der Waals surface area contributed by atoms with Gasteiger partial charge in [0.1, 0.15) is 9.83 Å². The third-order valence-electron chi connectivity index (χ3n) is 4.83. The first kappa shape index (κ1) is 25.0. The minimum atomic E-state index is -0.405. The van der Waals surface area contributed by atoms with E-state index >= 15 is 0 Å². The van der Waals surface area contributed by atoms with Crippen LogP contribution in [0.4, 0.5) is 21.5 Å². The lowest BCUT2D eigenvalue weighted by Gasteiger charge is -2.02. The molecule has 2 heterocycles. The highest BCUT2D eigenvalue weighted by molar-refractivity contribution is 7.30. The van der Waals surface area contributed by atoms with Gasteiger partial charge in [-0.1, -0.05) is 41.4 Å². The lowest BCUT2D eigenvalue weighted by molar-refractivity contribution is -0.137. The summed E-state index contributed by atoms with van der Waals surface area (Å²) in [6.45, 7) is 3.73. The molecule has 182 valence electrons. The molecule has 2 aromatic heterocycles. The maximum absolute atomic E-state index is 11.5. The highest BCUT2D eigenvalue weighted by atomic mass is 32.1. The number of rotatable bonds is 10. The number of nitrogens with zero attached hydrogens (tertiary/aromatic N) is 5. The van der Waals surface area contributed by atoms with Crippen molar-refractivity contribution in [2.45, 2.75) is 12.8 Å². The van der Waals surface area contributed by atoms with Gasteiger partial charge >= 0.3 is 11.9 Å². The molecule has 4 aromatic rings. The summed E-state index contributed by atoms with van der Waals surface area (Å²) >= 11 is 2.84. The van der Waals surface area contributed by atoms with Crippen molar-refractivity contribution in [1.82, 2.24) is 4.98 Å². The molecule has 4 rings (SSSR count). The summed E-state index contributed by atoms with van der Waals surface area (Å²) in [7, 11) is 1.34. The molecule has 0 unspecified atom stereocenters. The predicted molar refractivity (Wildman–Crippen MR) is 140 cm³/mol. The van der Waals surface area contributed by atoms with Gasteiger partial charge in [0, 0.05) is 6.08 Å². The number of thiophene rings is 1. The maximum atomic E-state index is 11.5. The number of hydrogen-bond acceptors (Lipinski definition) is 11. The van der Waals surface area contributed by atoms with Gasteiger partial charge < -0.3 is 9.47 Å². The lowest BCUT2D eigenvalue weighted by atomic mass is 10.1. The van der Waals surface area contributed by atoms with Crippen molar-refractivity contribution in [1.29, 1.82) is 0 Å². The van der Waals surface area contributed by atoms with Crippen LogP contribution in [0.25, 0.3) is 9.53 Å². The van der Waals surface area contributed by atoms with E-state index < -0.39 is 11.9 Å². The molecular formula is C25H21N5O4S2. The van der Waals surface area contributed by atoms with Crippen LogP contribution >= 0.6 is 22.7 Å². The molecule has 36 heavy (non-hydrogen) atoms. The van der Waals surface area contributed by atoms with Crippen LogP contribution < -0.4 is 0 Å². The SMILES string of the molecule is C=CC(=O)OCCCc1ccc(N=Nc2nc3sc(N=Nc4ccc(C(=O)OC)cc4)cc3s2)cc1. The molecule has 0 aliphatic rings. The molecule has 0 fully saturated rings. The molecule has 9 nitrogen and oxygen atoms in total. The minimum Gasteiger partial charge on any atom is -0.465 e. The number of carbonyl (C=O) groups is 2. The van der Waals surface area contributed by atoms with Gasteiger partial charge in [-0.2, -0.15) is 0 Å². The summed E-state index contributed by atoms with van der Waals surface area (Å²) in [6, 6.07) is 16.3. The van der Waals surface area contributed by atoms with E-state index in [1.54, 1.807) is 24.3 Å². The van der Waals surface area contributed by atoms with Crippen LogP contribution in [0.5, 0.6) is 0 Å². The number of fused-ring (bicyclic) bond motifs is 1. The van der Waals surface area contributed by atoms with E-state index in [1.165, 1.54) is 29.8 Å². The van der Waals surface area contributed by atoms with Gasteiger partial charge in [-0.05, 0) is 60.9 Å². The van der Waals surface area contributed by atoms with E-state index in [9.17, 15) is 9.59 Å². The van der Waals surface area contributed by atoms with Crippen LogP contribution in [0.1, 0.15) is 22.3 Å². The standard InChI is InChI=1S/C25H21N5O4S2/c1-3-22(31)34-14-4-5-16-6-10-18(11-7-16)28-30-25-26-23-20(35-25)15-21(36-23)29-27-19-12-8-17(9-13-19)24(32)33-2/h3,6-13,15H,1,4-5,14H2,2H3. The number of carbonyl (C=O) groups excluding carboxylic acids is 2. The van der Waals surface area contributed by atoms with Gasteiger partial charge in [-0.25, -0.2) is 14.6 Å². The summed E-state index contributed by atoms with van der Waals surface area (Å²) < 4.78 is 10.6. The monoisotopic (exact) mass is 519 g/mol. The number of methoxy groups -OCH3 is 1. The number of esters is 2. The Labute approximate surface area is 214 Å². The Bertz CT molecular complexity index is 1390.